The van der Waals surface area contributed by atoms with Gasteiger partial charge in [-0.2, -0.15) is 0 Å². The fraction of sp³-hybridized carbons (Fsp3) is 0.208. The summed E-state index contributed by atoms with van der Waals surface area (Å²) in [5.41, 5.74) is 0.269. The van der Waals surface area contributed by atoms with Gasteiger partial charge in [0.1, 0.15) is 24.7 Å². The Kier molecular flexibility index (Phi) is 8.57. The first-order chi connectivity index (χ1) is 15.9. The zero-order valence-electron chi connectivity index (χ0n) is 18.1. The van der Waals surface area contributed by atoms with Crippen LogP contribution in [0.4, 0.5) is 5.69 Å². The molecule has 1 amide bonds. The molecule has 3 rings (SSSR count). The van der Waals surface area contributed by atoms with Crippen molar-refractivity contribution in [3.63, 3.8) is 0 Å². The van der Waals surface area contributed by atoms with Crippen LogP contribution >= 0.6 is 11.6 Å². The summed E-state index contributed by atoms with van der Waals surface area (Å²) >= 11 is 5.92. The van der Waals surface area contributed by atoms with E-state index in [2.05, 4.69) is 5.32 Å². The first kappa shape index (κ1) is 24.4. The highest BCUT2D eigenvalue weighted by atomic mass is 35.5. The second-order valence-corrected chi connectivity index (χ2v) is 9.18. The first-order valence-corrected chi connectivity index (χ1v) is 12.2. The van der Waals surface area contributed by atoms with Crippen LogP contribution in [0.1, 0.15) is 6.92 Å². The largest absolute Gasteiger partial charge is 0.492 e. The van der Waals surface area contributed by atoms with Crippen LogP contribution in [0.3, 0.4) is 0 Å². The van der Waals surface area contributed by atoms with E-state index in [9.17, 15) is 13.2 Å². The van der Waals surface area contributed by atoms with Crippen LogP contribution < -0.4 is 19.1 Å². The van der Waals surface area contributed by atoms with E-state index in [1.54, 1.807) is 31.2 Å². The van der Waals surface area contributed by atoms with Gasteiger partial charge in [-0.3, -0.25) is 9.10 Å². The maximum absolute atomic E-state index is 13.5. The van der Waals surface area contributed by atoms with Crippen LogP contribution in [-0.4, -0.2) is 40.6 Å². The molecule has 0 aliphatic rings. The number of amides is 1. The second-order valence-electron chi connectivity index (χ2n) is 6.88. The summed E-state index contributed by atoms with van der Waals surface area (Å²) in [6.45, 7) is 2.17. The third kappa shape index (κ3) is 6.63. The first-order valence-electron chi connectivity index (χ1n) is 10.4. The molecule has 3 aromatic rings. The highest BCUT2D eigenvalue weighted by Crippen LogP contribution is 2.32. The lowest BCUT2D eigenvalue weighted by molar-refractivity contribution is -0.119. The zero-order chi connectivity index (χ0) is 23.7. The Morgan fingerprint density at radius 3 is 2.30 bits per heavy atom. The molecule has 0 atom stereocenters. The van der Waals surface area contributed by atoms with Gasteiger partial charge >= 0.3 is 0 Å². The Hall–Kier alpha value is -3.23. The SMILES string of the molecule is CCOc1ccccc1N(CC(=O)NCCOc1ccccc1)S(=O)(=O)c1ccc(Cl)cc1. The molecular formula is C24H25ClN2O5S. The van der Waals surface area contributed by atoms with E-state index >= 15 is 0 Å². The summed E-state index contributed by atoms with van der Waals surface area (Å²) in [6, 6.07) is 21.7. The van der Waals surface area contributed by atoms with Gasteiger partial charge < -0.3 is 14.8 Å². The number of halogens is 1. The highest BCUT2D eigenvalue weighted by molar-refractivity contribution is 7.92. The van der Waals surface area contributed by atoms with Gasteiger partial charge in [0.15, 0.2) is 0 Å². The Bertz CT molecular complexity index is 1150. The van der Waals surface area contributed by atoms with Gasteiger partial charge in [0.05, 0.1) is 23.7 Å². The third-order valence-corrected chi connectivity index (χ3v) is 6.58. The standard InChI is InChI=1S/C24H25ClN2O5S/c1-2-31-23-11-7-6-10-22(23)27(33(29,30)21-14-12-19(25)13-15-21)18-24(28)26-16-17-32-20-8-4-3-5-9-20/h3-15H,2,16-18H2,1H3,(H,26,28). The lowest BCUT2D eigenvalue weighted by Gasteiger charge is -2.26. The van der Waals surface area contributed by atoms with Crippen LogP contribution in [0.2, 0.25) is 5.02 Å². The molecular weight excluding hydrogens is 464 g/mol. The molecule has 1 N–H and O–H groups in total. The smallest absolute Gasteiger partial charge is 0.264 e. The lowest BCUT2D eigenvalue weighted by Crippen LogP contribution is -2.42. The molecule has 0 aromatic heterocycles. The van der Waals surface area contributed by atoms with Crippen molar-refractivity contribution in [1.29, 1.82) is 0 Å². The molecule has 0 bridgehead atoms. The molecule has 0 aliphatic carbocycles. The Balaban J connectivity index is 1.78. The van der Waals surface area contributed by atoms with Crippen molar-refractivity contribution < 1.29 is 22.7 Å². The monoisotopic (exact) mass is 488 g/mol. The maximum Gasteiger partial charge on any atom is 0.264 e. The molecule has 33 heavy (non-hydrogen) atoms. The highest BCUT2D eigenvalue weighted by Gasteiger charge is 2.29. The fourth-order valence-corrected chi connectivity index (χ4v) is 4.59. The van der Waals surface area contributed by atoms with Crippen LogP contribution in [0.5, 0.6) is 11.5 Å². The predicted molar refractivity (Wildman–Crippen MR) is 129 cm³/mol. The number of carbonyl (C=O) groups excluding carboxylic acids is 1. The minimum Gasteiger partial charge on any atom is -0.492 e. The Morgan fingerprint density at radius 1 is 0.939 bits per heavy atom. The van der Waals surface area contributed by atoms with Crippen molar-refractivity contribution in [2.45, 2.75) is 11.8 Å². The molecule has 0 aliphatic heterocycles. The molecule has 7 nitrogen and oxygen atoms in total. The number of ether oxygens (including phenoxy) is 2. The molecule has 3 aromatic carbocycles. The van der Waals surface area contributed by atoms with Gasteiger partial charge in [0.2, 0.25) is 5.91 Å². The quantitative estimate of drug-likeness (QED) is 0.410. The molecule has 0 spiro atoms. The predicted octanol–water partition coefficient (Wildman–Crippen LogP) is 4.13. The average Bonchev–Trinajstić information content (AvgIpc) is 2.82. The summed E-state index contributed by atoms with van der Waals surface area (Å²) in [7, 11) is -4.08. The van der Waals surface area contributed by atoms with Gasteiger partial charge in [-0.05, 0) is 55.5 Å². The molecule has 0 saturated carbocycles. The molecule has 0 fully saturated rings. The van der Waals surface area contributed by atoms with Gasteiger partial charge in [-0.1, -0.05) is 41.9 Å². The van der Waals surface area contributed by atoms with Crippen molar-refractivity contribution in [2.24, 2.45) is 0 Å². The normalized spacial score (nSPS) is 11.0. The topological polar surface area (TPSA) is 84.9 Å². The van der Waals surface area contributed by atoms with Gasteiger partial charge in [0.25, 0.3) is 10.0 Å². The average molecular weight is 489 g/mol. The molecule has 0 heterocycles. The Morgan fingerprint density at radius 2 is 1.61 bits per heavy atom. The Labute approximate surface area is 198 Å². The van der Waals surface area contributed by atoms with Crippen LogP contribution in [-0.2, 0) is 14.8 Å². The third-order valence-electron chi connectivity index (χ3n) is 4.56. The van der Waals surface area contributed by atoms with E-state index in [1.807, 2.05) is 30.3 Å². The minimum absolute atomic E-state index is 0.0124. The number of nitrogens with zero attached hydrogens (tertiary/aromatic N) is 1. The number of benzene rings is 3. The van der Waals surface area contributed by atoms with Crippen LogP contribution in [0, 0.1) is 0 Å². The van der Waals surface area contributed by atoms with Crippen LogP contribution in [0.25, 0.3) is 0 Å². The van der Waals surface area contributed by atoms with Gasteiger partial charge in [-0.15, -0.1) is 0 Å². The van der Waals surface area contributed by atoms with E-state index in [-0.39, 0.29) is 23.7 Å². The summed E-state index contributed by atoms with van der Waals surface area (Å²) in [4.78, 5) is 12.7. The van der Waals surface area contributed by atoms with Gasteiger partial charge in [0, 0.05) is 5.02 Å². The summed E-state index contributed by atoms with van der Waals surface area (Å²) in [5, 5.41) is 3.11. The summed E-state index contributed by atoms with van der Waals surface area (Å²) < 4.78 is 39.2. The summed E-state index contributed by atoms with van der Waals surface area (Å²) in [5.74, 6) is 0.567. The van der Waals surface area contributed by atoms with Crippen molar-refractivity contribution in [3.05, 3.63) is 83.9 Å². The molecule has 0 saturated heterocycles. The summed E-state index contributed by atoms with van der Waals surface area (Å²) in [6.07, 6.45) is 0. The van der Waals surface area contributed by atoms with Crippen LogP contribution in [0.15, 0.2) is 83.8 Å². The maximum atomic E-state index is 13.5. The van der Waals surface area contributed by atoms with Crippen molar-refractivity contribution >= 4 is 33.2 Å². The molecule has 174 valence electrons. The number of anilines is 1. The molecule has 0 unspecified atom stereocenters. The van der Waals surface area contributed by atoms with Crippen molar-refractivity contribution in [1.82, 2.24) is 5.32 Å². The van der Waals surface area contributed by atoms with E-state index in [1.165, 1.54) is 24.3 Å². The number of rotatable bonds is 11. The number of nitrogens with one attached hydrogen (secondary N) is 1. The number of carbonyl (C=O) groups is 1. The van der Waals surface area contributed by atoms with E-state index in [0.717, 1.165) is 4.31 Å². The minimum atomic E-state index is -4.08. The van der Waals surface area contributed by atoms with E-state index in [0.29, 0.717) is 23.1 Å². The van der Waals surface area contributed by atoms with Gasteiger partial charge in [-0.25, -0.2) is 8.42 Å². The number of para-hydroxylation sites is 3. The van der Waals surface area contributed by atoms with E-state index < -0.39 is 22.5 Å². The number of hydrogen-bond donors (Lipinski definition) is 1. The van der Waals surface area contributed by atoms with Crippen molar-refractivity contribution in [2.75, 3.05) is 30.6 Å². The molecule has 0 radical (unpaired) electrons. The zero-order valence-corrected chi connectivity index (χ0v) is 19.7. The number of sulfonamides is 1. The number of hydrogen-bond acceptors (Lipinski definition) is 5. The second kappa shape index (κ2) is 11.6. The fourth-order valence-electron chi connectivity index (χ4n) is 3.04. The van der Waals surface area contributed by atoms with E-state index in [4.69, 9.17) is 21.1 Å². The van der Waals surface area contributed by atoms with Crippen molar-refractivity contribution in [3.8, 4) is 11.5 Å². The lowest BCUT2D eigenvalue weighted by atomic mass is 10.3. The molecule has 9 heteroatoms.